The van der Waals surface area contributed by atoms with Crippen LogP contribution in [0.3, 0.4) is 0 Å². The lowest BCUT2D eigenvalue weighted by Gasteiger charge is -2.09. The first-order chi connectivity index (χ1) is 4.14. The van der Waals surface area contributed by atoms with Crippen molar-refractivity contribution in [3.05, 3.63) is 0 Å². The lowest BCUT2D eigenvalue weighted by Crippen LogP contribution is -2.21. The van der Waals surface area contributed by atoms with Gasteiger partial charge in [0, 0.05) is 25.1 Å². The number of nitrogens with two attached hydrogens (primary N) is 1. The van der Waals surface area contributed by atoms with E-state index in [9.17, 15) is 8.78 Å². The van der Waals surface area contributed by atoms with Crippen LogP contribution >= 0.6 is 12.1 Å². The highest BCUT2D eigenvalue weighted by Gasteiger charge is 2.38. The predicted octanol–water partition coefficient (Wildman–Crippen LogP) is 0.849. The first-order valence-electron chi connectivity index (χ1n) is 2.64. The fourth-order valence-electron chi connectivity index (χ4n) is 0.794. The van der Waals surface area contributed by atoms with Crippen LogP contribution in [0.1, 0.15) is 6.42 Å². The van der Waals surface area contributed by atoms with E-state index in [4.69, 9.17) is 5.14 Å². The number of alkyl halides is 2. The Labute approximate surface area is 56.7 Å². The molecule has 0 aliphatic carbocycles. The average molecular weight is 154 g/mol. The van der Waals surface area contributed by atoms with Gasteiger partial charge in [0.15, 0.2) is 0 Å². The molecule has 2 nitrogen and oxygen atoms in total. The summed E-state index contributed by atoms with van der Waals surface area (Å²) in [6.07, 6.45) is -0.0583. The summed E-state index contributed by atoms with van der Waals surface area (Å²) < 4.78 is 26.0. The minimum Gasteiger partial charge on any atom is -0.264 e. The van der Waals surface area contributed by atoms with Gasteiger partial charge in [0.25, 0.3) is 5.92 Å². The van der Waals surface area contributed by atoms with Gasteiger partial charge in [0.05, 0.1) is 6.54 Å². The highest BCUT2D eigenvalue weighted by atomic mass is 32.2. The van der Waals surface area contributed by atoms with Crippen molar-refractivity contribution in [2.45, 2.75) is 12.3 Å². The van der Waals surface area contributed by atoms with Crippen molar-refractivity contribution in [3.8, 4) is 0 Å². The fraction of sp³-hybridized carbons (Fsp3) is 1.00. The Morgan fingerprint density at radius 2 is 2.22 bits per heavy atom. The van der Waals surface area contributed by atoms with Gasteiger partial charge in [0.2, 0.25) is 0 Å². The Kier molecular flexibility index (Phi) is 1.93. The molecule has 0 aromatic carbocycles. The van der Waals surface area contributed by atoms with Gasteiger partial charge in [-0.05, 0) is 0 Å². The summed E-state index contributed by atoms with van der Waals surface area (Å²) in [6, 6.07) is 0. The van der Waals surface area contributed by atoms with Gasteiger partial charge < -0.3 is 0 Å². The van der Waals surface area contributed by atoms with E-state index < -0.39 is 5.92 Å². The number of hydrogen-bond donors (Lipinski definition) is 1. The third-order valence-corrected chi connectivity index (χ3v) is 1.89. The number of halogens is 2. The summed E-state index contributed by atoms with van der Waals surface area (Å²) in [6.45, 7) is 0.197. The molecule has 0 aromatic heterocycles. The molecule has 0 bridgehead atoms. The van der Waals surface area contributed by atoms with Gasteiger partial charge in [-0.3, -0.25) is 5.14 Å². The van der Waals surface area contributed by atoms with Gasteiger partial charge in [-0.25, -0.2) is 13.1 Å². The number of rotatable bonds is 1. The molecule has 1 rings (SSSR count). The van der Waals surface area contributed by atoms with Crippen molar-refractivity contribution in [2.75, 3.05) is 13.1 Å². The molecule has 0 spiro atoms. The van der Waals surface area contributed by atoms with Crippen molar-refractivity contribution in [1.29, 1.82) is 0 Å². The van der Waals surface area contributed by atoms with E-state index in [2.05, 4.69) is 0 Å². The normalized spacial score (nSPS) is 27.0. The van der Waals surface area contributed by atoms with Crippen LogP contribution in [-0.2, 0) is 0 Å². The maximum atomic E-state index is 12.3. The van der Waals surface area contributed by atoms with E-state index in [1.165, 1.54) is 4.31 Å². The molecule has 5 heteroatoms. The summed E-state index contributed by atoms with van der Waals surface area (Å²) in [5.74, 6) is -2.51. The maximum Gasteiger partial charge on any atom is 0.262 e. The largest absolute Gasteiger partial charge is 0.264 e. The first-order valence-corrected chi connectivity index (χ1v) is 3.47. The SMILES string of the molecule is NSN1CCC(F)(F)C1. The van der Waals surface area contributed by atoms with Gasteiger partial charge in [-0.2, -0.15) is 0 Å². The summed E-state index contributed by atoms with van der Waals surface area (Å²) >= 11 is 0.888. The van der Waals surface area contributed by atoms with E-state index in [1.807, 2.05) is 0 Å². The van der Waals surface area contributed by atoms with Crippen molar-refractivity contribution in [2.24, 2.45) is 5.14 Å². The first kappa shape index (κ1) is 7.24. The second-order valence-corrected chi connectivity index (χ2v) is 2.80. The zero-order valence-electron chi connectivity index (χ0n) is 4.81. The van der Waals surface area contributed by atoms with Crippen molar-refractivity contribution < 1.29 is 8.78 Å². The van der Waals surface area contributed by atoms with Crippen LogP contribution in [0, 0.1) is 0 Å². The molecular weight excluding hydrogens is 146 g/mol. The molecule has 0 unspecified atom stereocenters. The second-order valence-electron chi connectivity index (χ2n) is 2.07. The smallest absolute Gasteiger partial charge is 0.262 e. The van der Waals surface area contributed by atoms with Crippen LogP contribution in [0.4, 0.5) is 8.78 Å². The van der Waals surface area contributed by atoms with E-state index in [0.29, 0.717) is 6.54 Å². The minimum atomic E-state index is -2.51. The van der Waals surface area contributed by atoms with Crippen LogP contribution in [0.5, 0.6) is 0 Å². The van der Waals surface area contributed by atoms with Crippen LogP contribution in [-0.4, -0.2) is 23.3 Å². The Morgan fingerprint density at radius 1 is 1.56 bits per heavy atom. The van der Waals surface area contributed by atoms with E-state index >= 15 is 0 Å². The van der Waals surface area contributed by atoms with Crippen LogP contribution in [0.25, 0.3) is 0 Å². The molecule has 0 saturated carbocycles. The third kappa shape index (κ3) is 1.77. The Hall–Kier alpha value is 0.130. The van der Waals surface area contributed by atoms with E-state index in [-0.39, 0.29) is 13.0 Å². The molecule has 1 aliphatic heterocycles. The summed E-state index contributed by atoms with van der Waals surface area (Å²) in [4.78, 5) is 0. The molecule has 1 heterocycles. The standard InChI is InChI=1S/C4H8F2N2S/c5-4(6)1-2-8(3-4)9-7/h1-3,7H2. The van der Waals surface area contributed by atoms with E-state index in [1.54, 1.807) is 0 Å². The fourth-order valence-corrected chi connectivity index (χ4v) is 1.25. The number of nitrogens with zero attached hydrogens (tertiary/aromatic N) is 1. The summed E-state index contributed by atoms with van der Waals surface area (Å²) in [5.41, 5.74) is 0. The van der Waals surface area contributed by atoms with Crippen LogP contribution < -0.4 is 5.14 Å². The highest BCUT2D eigenvalue weighted by Crippen LogP contribution is 2.28. The molecule has 0 radical (unpaired) electrons. The zero-order valence-corrected chi connectivity index (χ0v) is 5.63. The summed E-state index contributed by atoms with van der Waals surface area (Å²) in [7, 11) is 0. The topological polar surface area (TPSA) is 29.3 Å². The molecule has 54 valence electrons. The van der Waals surface area contributed by atoms with Gasteiger partial charge in [-0.1, -0.05) is 0 Å². The van der Waals surface area contributed by atoms with Crippen molar-refractivity contribution in [3.63, 3.8) is 0 Å². The van der Waals surface area contributed by atoms with Crippen molar-refractivity contribution in [1.82, 2.24) is 4.31 Å². The van der Waals surface area contributed by atoms with Gasteiger partial charge in [0.1, 0.15) is 0 Å². The highest BCUT2D eigenvalue weighted by molar-refractivity contribution is 7.94. The van der Waals surface area contributed by atoms with Crippen LogP contribution in [0.2, 0.25) is 0 Å². The minimum absolute atomic E-state index is 0.0583. The lowest BCUT2D eigenvalue weighted by atomic mass is 10.3. The average Bonchev–Trinajstić information content (AvgIpc) is 2.10. The maximum absolute atomic E-state index is 12.3. The molecule has 1 fully saturated rings. The van der Waals surface area contributed by atoms with Crippen molar-refractivity contribution >= 4 is 12.1 Å². The Morgan fingerprint density at radius 3 is 2.44 bits per heavy atom. The van der Waals surface area contributed by atoms with E-state index in [0.717, 1.165) is 12.1 Å². The molecule has 2 N–H and O–H groups in total. The Bertz CT molecular complexity index is 109. The molecule has 1 saturated heterocycles. The monoisotopic (exact) mass is 154 g/mol. The molecule has 0 aromatic rings. The predicted molar refractivity (Wildman–Crippen MR) is 32.9 cm³/mol. The van der Waals surface area contributed by atoms with Crippen LogP contribution in [0.15, 0.2) is 0 Å². The molecular formula is C4H8F2N2S. The third-order valence-electron chi connectivity index (χ3n) is 1.28. The summed E-state index contributed by atoms with van der Waals surface area (Å²) in [5, 5.41) is 5.06. The number of hydrogen-bond acceptors (Lipinski definition) is 3. The van der Waals surface area contributed by atoms with Gasteiger partial charge in [-0.15, -0.1) is 0 Å². The molecule has 0 amide bonds. The quantitative estimate of drug-likeness (QED) is 0.568. The Balaban J connectivity index is 2.38. The molecule has 0 atom stereocenters. The molecule has 1 aliphatic rings. The molecule has 9 heavy (non-hydrogen) atoms. The zero-order chi connectivity index (χ0) is 6.91. The lowest BCUT2D eigenvalue weighted by molar-refractivity contribution is 0.0190. The van der Waals surface area contributed by atoms with Gasteiger partial charge >= 0.3 is 0 Å². The second kappa shape index (κ2) is 2.40.